The Morgan fingerprint density at radius 1 is 0.157 bits per heavy atom. The number of nitrogens with zero attached hydrogens (tertiary/aromatic N) is 18. The summed E-state index contributed by atoms with van der Waals surface area (Å²) in [5.74, 6) is 0. The first-order chi connectivity index (χ1) is 50.5. The van der Waals surface area contributed by atoms with Crippen molar-refractivity contribution in [1.29, 1.82) is 0 Å². The number of benzene rings is 6. The highest BCUT2D eigenvalue weighted by Crippen LogP contribution is 2.30. The van der Waals surface area contributed by atoms with Crippen LogP contribution in [0, 0.1) is 0 Å². The van der Waals surface area contributed by atoms with Gasteiger partial charge in [-0.15, -0.1) is 0 Å². The highest BCUT2D eigenvalue weighted by molar-refractivity contribution is 5.90. The van der Waals surface area contributed by atoms with Crippen LogP contribution in [0.5, 0.6) is 0 Å². The van der Waals surface area contributed by atoms with E-state index in [2.05, 4.69) is 139 Å². The fraction of sp³-hybridized carbons (Fsp3) is 0.0714. The number of pyridine rings is 6. The summed E-state index contributed by atoms with van der Waals surface area (Å²) in [6.07, 6.45) is 22.8. The molecule has 0 spiro atoms. The molecule has 0 amide bonds. The van der Waals surface area contributed by atoms with E-state index in [1.807, 2.05) is 211 Å². The first-order valence-corrected chi connectivity index (χ1v) is 33.7. The third-order valence-electron chi connectivity index (χ3n) is 17.7. The second-order valence-electron chi connectivity index (χ2n) is 24.5. The highest BCUT2D eigenvalue weighted by atomic mass is 15.3. The fourth-order valence-electron chi connectivity index (χ4n) is 12.8. The van der Waals surface area contributed by atoms with E-state index in [4.69, 9.17) is 30.6 Å². The molecule has 0 bridgehead atoms. The van der Waals surface area contributed by atoms with Gasteiger partial charge in [-0.05, 0) is 175 Å². The molecule has 18 rings (SSSR count). The summed E-state index contributed by atoms with van der Waals surface area (Å²) in [6, 6.07) is 86.1. The van der Waals surface area contributed by atoms with Gasteiger partial charge in [-0.3, -0.25) is 58.0 Å². The van der Waals surface area contributed by atoms with E-state index in [0.29, 0.717) is 39.3 Å². The third-order valence-corrected chi connectivity index (χ3v) is 17.7. The second-order valence-corrected chi connectivity index (χ2v) is 24.5. The zero-order chi connectivity index (χ0) is 68.2. The Morgan fingerprint density at radius 2 is 0.324 bits per heavy atom. The molecule has 0 fully saturated rings. The Bertz CT molecular complexity index is 4860. The van der Waals surface area contributed by atoms with Gasteiger partial charge in [-0.1, -0.05) is 146 Å². The zero-order valence-electron chi connectivity index (χ0n) is 55.5. The molecule has 0 aliphatic carbocycles. The molecule has 0 aliphatic rings. The van der Waals surface area contributed by atoms with Gasteiger partial charge in [0.05, 0.1) is 73.4 Å². The summed E-state index contributed by atoms with van der Waals surface area (Å²) in [5, 5.41) is 35.8. The zero-order valence-corrected chi connectivity index (χ0v) is 55.5. The maximum absolute atomic E-state index is 4.74. The number of hydrogen-bond acceptors (Lipinski definition) is 12. The normalized spacial score (nSPS) is 11.2. The molecule has 12 aromatic heterocycles. The largest absolute Gasteiger partial charge is 0.268 e. The number of aromatic nitrogens is 18. The summed E-state index contributed by atoms with van der Waals surface area (Å²) < 4.78 is 11.8. The van der Waals surface area contributed by atoms with Crippen molar-refractivity contribution in [2.75, 3.05) is 0 Å². The van der Waals surface area contributed by atoms with Gasteiger partial charge in [0, 0.05) is 74.4 Å². The molecule has 18 aromatic rings. The van der Waals surface area contributed by atoms with Crippen LogP contribution < -0.4 is 0 Å². The molecule has 0 aliphatic heterocycles. The van der Waals surface area contributed by atoms with Crippen molar-refractivity contribution in [3.63, 3.8) is 0 Å². The van der Waals surface area contributed by atoms with Crippen molar-refractivity contribution in [2.24, 2.45) is 0 Å². The van der Waals surface area contributed by atoms with E-state index in [0.717, 1.165) is 68.3 Å². The van der Waals surface area contributed by atoms with Crippen molar-refractivity contribution in [3.05, 3.63) is 363 Å². The molecule has 0 atom stereocenters. The lowest BCUT2D eigenvalue weighted by molar-refractivity contribution is 0.689. The van der Waals surface area contributed by atoms with E-state index >= 15 is 0 Å². The molecule has 0 N–H and O–H groups in total. The topological polar surface area (TPSA) is 184 Å². The maximum Gasteiger partial charge on any atom is 0.111 e. The summed E-state index contributed by atoms with van der Waals surface area (Å²) in [7, 11) is 0. The molecular formula is C84H66N18. The average molecular weight is 1330 g/mol. The molecule has 0 saturated carbocycles. The monoisotopic (exact) mass is 1330 g/mol. The minimum atomic E-state index is 0.694. The predicted molar refractivity (Wildman–Crippen MR) is 399 cm³/mol. The second kappa shape index (κ2) is 29.5. The van der Waals surface area contributed by atoms with Crippen LogP contribution in [-0.2, 0) is 39.3 Å². The van der Waals surface area contributed by atoms with Crippen molar-refractivity contribution in [1.82, 2.24) is 88.6 Å². The van der Waals surface area contributed by atoms with Crippen LogP contribution in [0.25, 0.3) is 101 Å². The van der Waals surface area contributed by atoms with Gasteiger partial charge < -0.3 is 0 Å². The van der Waals surface area contributed by atoms with Gasteiger partial charge in [0.15, 0.2) is 0 Å². The van der Waals surface area contributed by atoms with Crippen molar-refractivity contribution in [2.45, 2.75) is 39.3 Å². The van der Waals surface area contributed by atoms with Crippen LogP contribution in [0.3, 0.4) is 0 Å². The van der Waals surface area contributed by atoms with Crippen LogP contribution in [0.2, 0.25) is 0 Å². The standard InChI is InChI=1S/3C28H22N6/c3*1-3-15-29-25(11-1)27-13-17-33(31-27)19-21-7-5-10-24-22(8-6-9-23(21)24)20-34-18-14-28(32-34)26-12-2-4-16-30-26/h3*1-18H,19-20H2. The van der Waals surface area contributed by atoms with Gasteiger partial charge in [0.2, 0.25) is 0 Å². The molecule has 102 heavy (non-hydrogen) atoms. The van der Waals surface area contributed by atoms with Gasteiger partial charge in [0.25, 0.3) is 0 Å². The first kappa shape index (κ1) is 63.0. The summed E-state index contributed by atoms with van der Waals surface area (Å²) in [5.41, 5.74) is 17.9. The molecule has 492 valence electrons. The minimum absolute atomic E-state index is 0.694. The lowest BCUT2D eigenvalue weighted by Gasteiger charge is -2.11. The number of fused-ring (bicyclic) bond motifs is 3. The van der Waals surface area contributed by atoms with Gasteiger partial charge >= 0.3 is 0 Å². The molecule has 0 radical (unpaired) electrons. The molecule has 0 saturated heterocycles. The lowest BCUT2D eigenvalue weighted by Crippen LogP contribution is -2.04. The molecule has 18 nitrogen and oxygen atoms in total. The molecule has 0 unspecified atom stereocenters. The summed E-state index contributed by atoms with van der Waals surface area (Å²) in [6.45, 7) is 4.16. The third kappa shape index (κ3) is 14.5. The molecule has 12 heterocycles. The van der Waals surface area contributed by atoms with Crippen molar-refractivity contribution >= 4 is 32.3 Å². The SMILES string of the molecule is c1ccc(-c2ccn(Cc3cccc4c(Cn5ccc(-c6ccccn6)n5)cccc34)n2)nc1.c1ccc(-c2ccn(Cc3cccc4c(Cn5ccc(-c6ccccn6)n5)cccc34)n2)nc1.c1ccc(-c2ccn(Cc3cccc4c(Cn5ccc(-c6ccccn6)n5)cccc34)n2)nc1. The van der Waals surface area contributed by atoms with E-state index in [-0.39, 0.29) is 0 Å². The van der Waals surface area contributed by atoms with Crippen LogP contribution in [0.1, 0.15) is 33.4 Å². The minimum Gasteiger partial charge on any atom is -0.268 e. The number of hydrogen-bond donors (Lipinski definition) is 0. The predicted octanol–water partition coefficient (Wildman–Crippen LogP) is 16.4. The average Bonchev–Trinajstić information content (AvgIpc) is 1.13. The Balaban J connectivity index is 0.000000118. The fourth-order valence-corrected chi connectivity index (χ4v) is 12.8. The Hall–Kier alpha value is -13.7. The van der Waals surface area contributed by atoms with Crippen LogP contribution in [-0.4, -0.2) is 88.6 Å². The summed E-state index contributed by atoms with van der Waals surface area (Å²) in [4.78, 5) is 26.4. The van der Waals surface area contributed by atoms with Gasteiger partial charge in [-0.2, -0.15) is 30.6 Å². The van der Waals surface area contributed by atoms with Gasteiger partial charge in [0.1, 0.15) is 34.2 Å². The Labute approximate surface area is 587 Å². The van der Waals surface area contributed by atoms with Crippen molar-refractivity contribution in [3.8, 4) is 68.3 Å². The van der Waals surface area contributed by atoms with Crippen LogP contribution in [0.4, 0.5) is 0 Å². The van der Waals surface area contributed by atoms with Crippen LogP contribution in [0.15, 0.2) is 329 Å². The Kier molecular flexibility index (Phi) is 18.3. The highest BCUT2D eigenvalue weighted by Gasteiger charge is 2.15. The van der Waals surface area contributed by atoms with E-state index in [9.17, 15) is 0 Å². The maximum atomic E-state index is 4.74. The van der Waals surface area contributed by atoms with E-state index < -0.39 is 0 Å². The quantitative estimate of drug-likeness (QED) is 0.0793. The molecule has 18 heteroatoms. The molecule has 6 aromatic carbocycles. The lowest BCUT2D eigenvalue weighted by atomic mass is 10.00. The Morgan fingerprint density at radius 3 is 0.471 bits per heavy atom. The van der Waals surface area contributed by atoms with E-state index in [1.54, 1.807) is 37.2 Å². The van der Waals surface area contributed by atoms with Crippen molar-refractivity contribution < 1.29 is 0 Å². The summed E-state index contributed by atoms with van der Waals surface area (Å²) >= 11 is 0. The molecular weight excluding hydrogens is 1260 g/mol. The van der Waals surface area contributed by atoms with E-state index in [1.165, 1.54) is 65.7 Å². The number of rotatable bonds is 18. The van der Waals surface area contributed by atoms with Gasteiger partial charge in [-0.25, -0.2) is 0 Å². The van der Waals surface area contributed by atoms with Crippen LogP contribution >= 0.6 is 0 Å². The first-order valence-electron chi connectivity index (χ1n) is 33.7. The smallest absolute Gasteiger partial charge is 0.111 e.